The molecule has 0 unspecified atom stereocenters. The van der Waals surface area contributed by atoms with Gasteiger partial charge in [0.2, 0.25) is 5.91 Å². The number of hydrogen-bond acceptors (Lipinski definition) is 6. The molecule has 1 amide bonds. The van der Waals surface area contributed by atoms with Crippen molar-refractivity contribution in [2.75, 3.05) is 45.3 Å². The zero-order valence-electron chi connectivity index (χ0n) is 16.0. The van der Waals surface area contributed by atoms with Gasteiger partial charge in [-0.15, -0.1) is 0 Å². The van der Waals surface area contributed by atoms with E-state index in [-0.39, 0.29) is 22.9 Å². The van der Waals surface area contributed by atoms with Gasteiger partial charge in [0.05, 0.1) is 31.4 Å². The van der Waals surface area contributed by atoms with Gasteiger partial charge in [0.25, 0.3) is 10.0 Å². The summed E-state index contributed by atoms with van der Waals surface area (Å²) in [4.78, 5) is 12.4. The Kier molecular flexibility index (Phi) is 7.65. The molecule has 1 N–H and O–H groups in total. The van der Waals surface area contributed by atoms with E-state index in [4.69, 9.17) is 14.2 Å². The van der Waals surface area contributed by atoms with E-state index in [0.717, 1.165) is 4.31 Å². The molecule has 2 rings (SSSR count). The van der Waals surface area contributed by atoms with Crippen LogP contribution in [0.2, 0.25) is 0 Å². The molecule has 0 saturated carbocycles. The summed E-state index contributed by atoms with van der Waals surface area (Å²) in [5.41, 5.74) is 0.231. The number of nitrogens with one attached hydrogen (secondary N) is 1. The number of amides is 1. The number of hydrogen-bond donors (Lipinski definition) is 1. The van der Waals surface area contributed by atoms with Crippen LogP contribution in [0.25, 0.3) is 0 Å². The summed E-state index contributed by atoms with van der Waals surface area (Å²) in [5.74, 6) is 0.306. The maximum absolute atomic E-state index is 13.3. The molecule has 8 nitrogen and oxygen atoms in total. The molecule has 0 aliphatic rings. The van der Waals surface area contributed by atoms with E-state index in [1.54, 1.807) is 36.4 Å². The Morgan fingerprint density at radius 1 is 1.04 bits per heavy atom. The minimum absolute atomic E-state index is 0.0672. The van der Waals surface area contributed by atoms with Crippen molar-refractivity contribution in [2.45, 2.75) is 4.90 Å². The molecule has 2 aromatic carbocycles. The molecule has 0 bridgehead atoms. The summed E-state index contributed by atoms with van der Waals surface area (Å²) in [6.45, 7) is 0.182. The van der Waals surface area contributed by atoms with Gasteiger partial charge in [-0.2, -0.15) is 0 Å². The number of methoxy groups -OCH3 is 3. The molecule has 0 aromatic heterocycles. The number of ether oxygens (including phenoxy) is 3. The summed E-state index contributed by atoms with van der Waals surface area (Å²) in [5, 5.41) is 2.63. The molecule has 2 aromatic rings. The molecule has 0 saturated heterocycles. The maximum atomic E-state index is 13.3. The van der Waals surface area contributed by atoms with Crippen molar-refractivity contribution < 1.29 is 27.4 Å². The third kappa shape index (κ3) is 5.14. The summed E-state index contributed by atoms with van der Waals surface area (Å²) >= 11 is 0. The highest BCUT2D eigenvalue weighted by Crippen LogP contribution is 2.35. The third-order valence-corrected chi connectivity index (χ3v) is 5.68. The van der Waals surface area contributed by atoms with Gasteiger partial charge in [0.15, 0.2) is 0 Å². The normalized spacial score (nSPS) is 11.0. The van der Waals surface area contributed by atoms with Crippen LogP contribution in [0.1, 0.15) is 0 Å². The maximum Gasteiger partial charge on any atom is 0.264 e. The predicted molar refractivity (Wildman–Crippen MR) is 105 cm³/mol. The van der Waals surface area contributed by atoms with Gasteiger partial charge in [0, 0.05) is 19.7 Å². The van der Waals surface area contributed by atoms with E-state index < -0.39 is 22.5 Å². The number of carbonyl (C=O) groups excluding carboxylic acids is 1. The van der Waals surface area contributed by atoms with Crippen LogP contribution < -0.4 is 19.1 Å². The predicted octanol–water partition coefficient (Wildman–Crippen LogP) is 1.66. The van der Waals surface area contributed by atoms with E-state index in [1.165, 1.54) is 33.5 Å². The number of nitrogens with zero attached hydrogens (tertiary/aromatic N) is 1. The Balaban J connectivity index is 2.46. The quantitative estimate of drug-likeness (QED) is 0.601. The Labute approximate surface area is 165 Å². The minimum atomic E-state index is -4.01. The van der Waals surface area contributed by atoms with Gasteiger partial charge in [-0.3, -0.25) is 9.10 Å². The SMILES string of the molecule is COCCNC(=O)CN(c1ccc(OC)cc1OC)S(=O)(=O)c1ccccc1. The molecule has 0 atom stereocenters. The Bertz CT molecular complexity index is 887. The molecule has 0 heterocycles. The lowest BCUT2D eigenvalue weighted by atomic mass is 10.2. The van der Waals surface area contributed by atoms with Crippen LogP contribution in [-0.2, 0) is 19.6 Å². The van der Waals surface area contributed by atoms with Gasteiger partial charge in [-0.1, -0.05) is 18.2 Å². The molecule has 152 valence electrons. The second kappa shape index (κ2) is 9.95. The summed E-state index contributed by atoms with van der Waals surface area (Å²) in [7, 11) is 0.420. The molecule has 0 aliphatic heterocycles. The first-order valence-electron chi connectivity index (χ1n) is 8.49. The molecule has 28 heavy (non-hydrogen) atoms. The second-order valence-corrected chi connectivity index (χ2v) is 7.57. The smallest absolute Gasteiger partial charge is 0.264 e. The molecular formula is C19H24N2O6S. The molecule has 0 spiro atoms. The van der Waals surface area contributed by atoms with Gasteiger partial charge in [-0.25, -0.2) is 8.42 Å². The average molecular weight is 408 g/mol. The number of carbonyl (C=O) groups is 1. The van der Waals surface area contributed by atoms with Crippen LogP contribution in [0.3, 0.4) is 0 Å². The van der Waals surface area contributed by atoms with Gasteiger partial charge < -0.3 is 19.5 Å². The van der Waals surface area contributed by atoms with Crippen molar-refractivity contribution in [1.29, 1.82) is 0 Å². The molecule has 9 heteroatoms. The van der Waals surface area contributed by atoms with Crippen LogP contribution in [-0.4, -0.2) is 55.4 Å². The van der Waals surface area contributed by atoms with Crippen LogP contribution >= 0.6 is 0 Å². The lowest BCUT2D eigenvalue weighted by Gasteiger charge is -2.26. The summed E-state index contributed by atoms with van der Waals surface area (Å²) in [6, 6.07) is 12.6. The molecular weight excluding hydrogens is 384 g/mol. The van der Waals surface area contributed by atoms with Crippen LogP contribution in [0.4, 0.5) is 5.69 Å². The van der Waals surface area contributed by atoms with Crippen molar-refractivity contribution in [1.82, 2.24) is 5.32 Å². The van der Waals surface area contributed by atoms with Crippen LogP contribution in [0, 0.1) is 0 Å². The summed E-state index contributed by atoms with van der Waals surface area (Å²) < 4.78 is 42.9. The molecule has 0 radical (unpaired) electrons. The number of rotatable bonds is 10. The van der Waals surface area contributed by atoms with Crippen molar-refractivity contribution in [3.8, 4) is 11.5 Å². The fourth-order valence-corrected chi connectivity index (χ4v) is 3.94. The van der Waals surface area contributed by atoms with E-state index in [0.29, 0.717) is 12.4 Å². The van der Waals surface area contributed by atoms with Gasteiger partial charge in [-0.05, 0) is 24.3 Å². The van der Waals surface area contributed by atoms with E-state index >= 15 is 0 Å². The second-order valence-electron chi connectivity index (χ2n) is 5.71. The fourth-order valence-electron chi connectivity index (χ4n) is 2.49. The zero-order valence-corrected chi connectivity index (χ0v) is 16.9. The first-order chi connectivity index (χ1) is 13.4. The first kappa shape index (κ1) is 21.5. The first-order valence-corrected chi connectivity index (χ1v) is 9.93. The molecule has 0 fully saturated rings. The highest BCUT2D eigenvalue weighted by atomic mass is 32.2. The van der Waals surface area contributed by atoms with E-state index in [9.17, 15) is 13.2 Å². The van der Waals surface area contributed by atoms with E-state index in [2.05, 4.69) is 5.32 Å². The van der Waals surface area contributed by atoms with Crippen molar-refractivity contribution in [2.24, 2.45) is 0 Å². The van der Waals surface area contributed by atoms with Gasteiger partial charge >= 0.3 is 0 Å². The largest absolute Gasteiger partial charge is 0.497 e. The Morgan fingerprint density at radius 2 is 1.75 bits per heavy atom. The van der Waals surface area contributed by atoms with Crippen molar-refractivity contribution in [3.05, 3.63) is 48.5 Å². The highest BCUT2D eigenvalue weighted by Gasteiger charge is 2.29. The summed E-state index contributed by atoms with van der Waals surface area (Å²) in [6.07, 6.45) is 0. The number of sulfonamides is 1. The molecule has 0 aliphatic carbocycles. The fraction of sp³-hybridized carbons (Fsp3) is 0.316. The van der Waals surface area contributed by atoms with Crippen molar-refractivity contribution in [3.63, 3.8) is 0 Å². The monoisotopic (exact) mass is 408 g/mol. The lowest BCUT2D eigenvalue weighted by molar-refractivity contribution is -0.119. The Hall–Kier alpha value is -2.78. The zero-order chi connectivity index (χ0) is 20.6. The van der Waals surface area contributed by atoms with Crippen LogP contribution in [0.15, 0.2) is 53.4 Å². The lowest BCUT2D eigenvalue weighted by Crippen LogP contribution is -2.41. The van der Waals surface area contributed by atoms with Crippen LogP contribution in [0.5, 0.6) is 11.5 Å². The standard InChI is InChI=1S/C19H24N2O6S/c1-25-12-11-20-19(22)14-21(28(23,24)16-7-5-4-6-8-16)17-10-9-15(26-2)13-18(17)27-3/h4-10,13H,11-12,14H2,1-3H3,(H,20,22). The third-order valence-electron chi connectivity index (χ3n) is 3.90. The number of benzene rings is 2. The van der Waals surface area contributed by atoms with Gasteiger partial charge in [0.1, 0.15) is 18.0 Å². The van der Waals surface area contributed by atoms with Crippen molar-refractivity contribution >= 4 is 21.6 Å². The minimum Gasteiger partial charge on any atom is -0.497 e. The highest BCUT2D eigenvalue weighted by molar-refractivity contribution is 7.92. The Morgan fingerprint density at radius 3 is 2.36 bits per heavy atom. The average Bonchev–Trinajstić information content (AvgIpc) is 2.72. The topological polar surface area (TPSA) is 94.2 Å². The number of anilines is 1. The van der Waals surface area contributed by atoms with E-state index in [1.807, 2.05) is 0 Å².